The van der Waals surface area contributed by atoms with E-state index in [0.717, 1.165) is 57.9 Å². The highest BCUT2D eigenvalue weighted by Crippen LogP contribution is 2.12. The molecule has 0 saturated carbocycles. The first kappa shape index (κ1) is 15.2. The zero-order valence-electron chi connectivity index (χ0n) is 13.0. The molecule has 0 radical (unpaired) electrons. The lowest BCUT2D eigenvalue weighted by Gasteiger charge is -2.35. The molecule has 2 saturated heterocycles. The Morgan fingerprint density at radius 1 is 1.32 bits per heavy atom. The first-order valence-corrected chi connectivity index (χ1v) is 8.20. The van der Waals surface area contributed by atoms with Gasteiger partial charge in [0, 0.05) is 45.0 Å². The van der Waals surface area contributed by atoms with E-state index >= 15 is 0 Å². The van der Waals surface area contributed by atoms with Crippen molar-refractivity contribution in [2.45, 2.75) is 18.9 Å². The maximum absolute atomic E-state index is 12.1. The Kier molecular flexibility index (Phi) is 5.24. The van der Waals surface area contributed by atoms with E-state index < -0.39 is 0 Å². The van der Waals surface area contributed by atoms with Crippen molar-refractivity contribution in [1.29, 1.82) is 0 Å². The van der Waals surface area contributed by atoms with E-state index in [-0.39, 0.29) is 5.91 Å². The number of nitrogens with one attached hydrogen (secondary N) is 2. The minimum atomic E-state index is 0.153. The molecule has 22 heavy (non-hydrogen) atoms. The molecule has 0 aromatic carbocycles. The first-order valence-electron chi connectivity index (χ1n) is 8.20. The molecular weight excluding hydrogens is 278 g/mol. The minimum absolute atomic E-state index is 0.153. The lowest BCUT2D eigenvalue weighted by molar-refractivity contribution is -0.123. The van der Waals surface area contributed by atoms with Crippen molar-refractivity contribution in [3.8, 4) is 0 Å². The molecular formula is C16H25N5O. The van der Waals surface area contributed by atoms with E-state index in [0.29, 0.717) is 12.6 Å². The fourth-order valence-electron chi connectivity index (χ4n) is 3.13. The average Bonchev–Trinajstić information content (AvgIpc) is 2.57. The van der Waals surface area contributed by atoms with Crippen LogP contribution in [0.15, 0.2) is 24.4 Å². The quantitative estimate of drug-likeness (QED) is 0.824. The number of piperidine rings is 1. The van der Waals surface area contributed by atoms with Crippen LogP contribution in [-0.2, 0) is 4.79 Å². The fourth-order valence-corrected chi connectivity index (χ4v) is 3.13. The number of carbonyl (C=O) groups excluding carboxylic acids is 1. The summed E-state index contributed by atoms with van der Waals surface area (Å²) in [6.07, 6.45) is 4.06. The van der Waals surface area contributed by atoms with Crippen LogP contribution in [0, 0.1) is 0 Å². The highest BCUT2D eigenvalue weighted by molar-refractivity contribution is 5.78. The van der Waals surface area contributed by atoms with E-state index in [9.17, 15) is 4.79 Å². The van der Waals surface area contributed by atoms with Crippen molar-refractivity contribution in [3.05, 3.63) is 24.4 Å². The van der Waals surface area contributed by atoms with Crippen LogP contribution >= 0.6 is 0 Å². The number of rotatable bonds is 4. The summed E-state index contributed by atoms with van der Waals surface area (Å²) in [7, 11) is 0. The smallest absolute Gasteiger partial charge is 0.234 e. The van der Waals surface area contributed by atoms with Gasteiger partial charge in [0.15, 0.2) is 0 Å². The van der Waals surface area contributed by atoms with Gasteiger partial charge in [-0.05, 0) is 31.5 Å². The summed E-state index contributed by atoms with van der Waals surface area (Å²) >= 11 is 0. The second kappa shape index (κ2) is 7.56. The van der Waals surface area contributed by atoms with Crippen LogP contribution in [-0.4, -0.2) is 67.6 Å². The van der Waals surface area contributed by atoms with Gasteiger partial charge in [-0.3, -0.25) is 9.69 Å². The molecule has 2 N–H and O–H groups in total. The molecule has 0 bridgehead atoms. The molecule has 120 valence electrons. The lowest BCUT2D eigenvalue weighted by Crippen LogP contribution is -2.52. The van der Waals surface area contributed by atoms with Gasteiger partial charge in [0.05, 0.1) is 6.54 Å². The predicted octanol–water partition coefficient (Wildman–Crippen LogP) is 0.0718. The monoisotopic (exact) mass is 303 g/mol. The fraction of sp³-hybridized carbons (Fsp3) is 0.625. The Balaban J connectivity index is 1.41. The first-order chi connectivity index (χ1) is 10.8. The molecule has 2 aliphatic heterocycles. The molecule has 6 heteroatoms. The Hall–Kier alpha value is -1.66. The SMILES string of the molecule is O=C(CN1CCN(c2ccccn2)CC1)NC1CCCNC1. The molecule has 2 fully saturated rings. The maximum Gasteiger partial charge on any atom is 0.234 e. The lowest BCUT2D eigenvalue weighted by atomic mass is 10.1. The van der Waals surface area contributed by atoms with Crippen molar-refractivity contribution in [2.24, 2.45) is 0 Å². The Morgan fingerprint density at radius 2 is 2.18 bits per heavy atom. The van der Waals surface area contributed by atoms with E-state index in [2.05, 4.69) is 25.4 Å². The molecule has 2 aliphatic rings. The summed E-state index contributed by atoms with van der Waals surface area (Å²) in [4.78, 5) is 21.0. The van der Waals surface area contributed by atoms with Gasteiger partial charge in [-0.15, -0.1) is 0 Å². The van der Waals surface area contributed by atoms with Crippen LogP contribution in [0.4, 0.5) is 5.82 Å². The average molecular weight is 303 g/mol. The third kappa shape index (κ3) is 4.18. The zero-order chi connectivity index (χ0) is 15.2. The second-order valence-electron chi connectivity index (χ2n) is 6.06. The van der Waals surface area contributed by atoms with Crippen molar-refractivity contribution in [1.82, 2.24) is 20.5 Å². The summed E-state index contributed by atoms with van der Waals surface area (Å²) in [5.74, 6) is 1.18. The summed E-state index contributed by atoms with van der Waals surface area (Å²) < 4.78 is 0. The third-order valence-corrected chi connectivity index (χ3v) is 4.37. The van der Waals surface area contributed by atoms with Crippen molar-refractivity contribution >= 4 is 11.7 Å². The Bertz CT molecular complexity index is 467. The minimum Gasteiger partial charge on any atom is -0.354 e. The van der Waals surface area contributed by atoms with Gasteiger partial charge in [0.25, 0.3) is 0 Å². The van der Waals surface area contributed by atoms with Gasteiger partial charge in [-0.25, -0.2) is 4.98 Å². The van der Waals surface area contributed by atoms with Crippen LogP contribution in [0.2, 0.25) is 0 Å². The van der Waals surface area contributed by atoms with Crippen molar-refractivity contribution in [2.75, 3.05) is 50.7 Å². The number of anilines is 1. The summed E-state index contributed by atoms with van der Waals surface area (Å²) in [6.45, 7) is 6.15. The molecule has 1 aromatic heterocycles. The normalized spacial score (nSPS) is 23.3. The van der Waals surface area contributed by atoms with E-state index in [1.54, 1.807) is 0 Å². The molecule has 1 aromatic rings. The van der Waals surface area contributed by atoms with Crippen LogP contribution < -0.4 is 15.5 Å². The highest BCUT2D eigenvalue weighted by Gasteiger charge is 2.21. The molecule has 1 atom stereocenters. The number of piperazine rings is 1. The number of hydrogen-bond acceptors (Lipinski definition) is 5. The molecule has 6 nitrogen and oxygen atoms in total. The standard InChI is InChI=1S/C16H25N5O/c22-16(19-14-4-3-6-17-12-14)13-20-8-10-21(11-9-20)15-5-1-2-7-18-15/h1-2,5,7,14,17H,3-4,6,8-13H2,(H,19,22). The number of nitrogens with zero attached hydrogens (tertiary/aromatic N) is 3. The number of aromatic nitrogens is 1. The molecule has 0 spiro atoms. The Morgan fingerprint density at radius 3 is 2.86 bits per heavy atom. The van der Waals surface area contributed by atoms with Gasteiger partial charge in [-0.1, -0.05) is 6.07 Å². The predicted molar refractivity (Wildman–Crippen MR) is 86.9 cm³/mol. The zero-order valence-corrected chi connectivity index (χ0v) is 13.0. The molecule has 3 rings (SSSR count). The van der Waals surface area contributed by atoms with E-state index in [1.165, 1.54) is 0 Å². The number of carbonyl (C=O) groups is 1. The number of pyridine rings is 1. The van der Waals surface area contributed by atoms with Crippen LogP contribution in [0.5, 0.6) is 0 Å². The molecule has 0 aliphatic carbocycles. The van der Waals surface area contributed by atoms with Gasteiger partial charge in [0.1, 0.15) is 5.82 Å². The molecule has 3 heterocycles. The summed E-state index contributed by atoms with van der Waals surface area (Å²) in [6, 6.07) is 6.29. The number of hydrogen-bond donors (Lipinski definition) is 2. The van der Waals surface area contributed by atoms with E-state index in [4.69, 9.17) is 0 Å². The number of amides is 1. The van der Waals surface area contributed by atoms with Crippen LogP contribution in [0.3, 0.4) is 0 Å². The van der Waals surface area contributed by atoms with Crippen molar-refractivity contribution < 1.29 is 4.79 Å². The van der Waals surface area contributed by atoms with Gasteiger partial charge in [-0.2, -0.15) is 0 Å². The van der Waals surface area contributed by atoms with Gasteiger partial charge in [0.2, 0.25) is 5.91 Å². The third-order valence-electron chi connectivity index (χ3n) is 4.37. The van der Waals surface area contributed by atoms with Gasteiger partial charge >= 0.3 is 0 Å². The van der Waals surface area contributed by atoms with Crippen LogP contribution in [0.25, 0.3) is 0 Å². The summed E-state index contributed by atoms with van der Waals surface area (Å²) in [5.41, 5.74) is 0. The Labute approximate surface area is 131 Å². The summed E-state index contributed by atoms with van der Waals surface area (Å²) in [5, 5.41) is 6.47. The second-order valence-corrected chi connectivity index (χ2v) is 6.06. The van der Waals surface area contributed by atoms with E-state index in [1.807, 2.05) is 24.4 Å². The van der Waals surface area contributed by atoms with Crippen molar-refractivity contribution in [3.63, 3.8) is 0 Å². The molecule has 1 amide bonds. The van der Waals surface area contributed by atoms with Gasteiger partial charge < -0.3 is 15.5 Å². The highest BCUT2D eigenvalue weighted by atomic mass is 16.2. The largest absolute Gasteiger partial charge is 0.354 e. The molecule has 1 unspecified atom stereocenters. The van der Waals surface area contributed by atoms with Crippen LogP contribution in [0.1, 0.15) is 12.8 Å². The maximum atomic E-state index is 12.1. The topological polar surface area (TPSA) is 60.5 Å².